The molecule has 1 unspecified atom stereocenters. The largest absolute Gasteiger partial charge is 0.462 e. The number of ether oxygens (including phenoxy) is 2. The van der Waals surface area contributed by atoms with Crippen LogP contribution >= 0.6 is 0 Å². The number of hydrogen-bond acceptors (Lipinski definition) is 5. The molecule has 0 aromatic rings. The number of hydrogen-bond donors (Lipinski definition) is 1. The van der Waals surface area contributed by atoms with E-state index in [0.29, 0.717) is 12.8 Å². The summed E-state index contributed by atoms with van der Waals surface area (Å²) in [7, 11) is 0. The van der Waals surface area contributed by atoms with Crippen molar-refractivity contribution in [3.63, 3.8) is 0 Å². The predicted octanol–water partition coefficient (Wildman–Crippen LogP) is 24.8. The van der Waals surface area contributed by atoms with Gasteiger partial charge in [-0.3, -0.25) is 9.59 Å². The molecule has 0 aromatic heterocycles. The van der Waals surface area contributed by atoms with Crippen LogP contribution in [0.1, 0.15) is 348 Å². The molecule has 82 heavy (non-hydrogen) atoms. The van der Waals surface area contributed by atoms with Crippen molar-refractivity contribution >= 4 is 11.9 Å². The smallest absolute Gasteiger partial charge is 0.306 e. The Morgan fingerprint density at radius 3 is 0.732 bits per heavy atom. The average molecular weight is 1140 g/mol. The molecule has 0 rings (SSSR count). The van der Waals surface area contributed by atoms with Crippen LogP contribution in [0.5, 0.6) is 0 Å². The molecule has 0 heterocycles. The van der Waals surface area contributed by atoms with Crippen LogP contribution in [0.2, 0.25) is 0 Å². The minimum atomic E-state index is -0.776. The Labute approximate surface area is 510 Å². The maximum atomic E-state index is 12.4. The molecule has 0 amide bonds. The minimum Gasteiger partial charge on any atom is -0.462 e. The van der Waals surface area contributed by atoms with Crippen molar-refractivity contribution in [3.05, 3.63) is 109 Å². The SMILES string of the molecule is CC/C=C\C/C=C\C/C=C\C/C=C\C/C=C\CCCCCCCCCCCCCCCCCCCCCC(=O)OC(CO)COC(=O)CCCCCCCCCCCCCCCCCCCCCC/C=C\C/C=C\C/C=C\C/C=C\CC. The summed E-state index contributed by atoms with van der Waals surface area (Å²) >= 11 is 0. The normalized spacial score (nSPS) is 12.9. The van der Waals surface area contributed by atoms with Gasteiger partial charge in [-0.1, -0.05) is 348 Å². The first-order valence-electron chi connectivity index (χ1n) is 35.4. The van der Waals surface area contributed by atoms with E-state index in [4.69, 9.17) is 9.47 Å². The van der Waals surface area contributed by atoms with Crippen LogP contribution in [-0.4, -0.2) is 36.4 Å². The van der Waals surface area contributed by atoms with Crippen LogP contribution < -0.4 is 0 Å². The fraction of sp³-hybridized carbons (Fsp3) is 0.740. The summed E-state index contributed by atoms with van der Waals surface area (Å²) in [5.74, 6) is -0.575. The zero-order valence-corrected chi connectivity index (χ0v) is 54.2. The van der Waals surface area contributed by atoms with Crippen molar-refractivity contribution in [1.29, 1.82) is 0 Å². The number of carbonyl (C=O) groups is 2. The lowest BCUT2D eigenvalue weighted by Crippen LogP contribution is -2.28. The second-order valence-electron chi connectivity index (χ2n) is 23.6. The van der Waals surface area contributed by atoms with Crippen LogP contribution in [0.4, 0.5) is 0 Å². The first-order valence-corrected chi connectivity index (χ1v) is 35.4. The summed E-state index contributed by atoms with van der Waals surface area (Å²) in [6.45, 7) is 3.95. The van der Waals surface area contributed by atoms with E-state index in [9.17, 15) is 14.7 Å². The van der Waals surface area contributed by atoms with Gasteiger partial charge in [-0.25, -0.2) is 0 Å². The van der Waals surface area contributed by atoms with Crippen LogP contribution in [-0.2, 0) is 19.1 Å². The standard InChI is InChI=1S/C77H134O5/c1-3-5-7-9-11-13-15-17-19-21-23-25-27-29-31-33-35-37-38-40-42-44-46-48-50-52-54-56-58-60-62-64-66-68-70-72-77(80)82-75(73-78)74-81-76(79)71-69-67-65-63-61-59-57-55-53-51-49-47-45-43-41-39-36-34-32-30-28-26-24-22-20-18-16-14-12-10-8-6-4-2/h5-8,11-14,17-20,23-26,29,31,75,78H,3-4,9-10,15-16,21-22,27-28,30,32-74H2,1-2H3/b7-5-,8-6-,13-11-,14-12-,19-17-,20-18-,25-23-,26-24-,31-29-. The number of aliphatic hydroxyl groups is 1. The fourth-order valence-corrected chi connectivity index (χ4v) is 10.3. The van der Waals surface area contributed by atoms with Gasteiger partial charge >= 0.3 is 11.9 Å². The third kappa shape index (κ3) is 69.1. The number of esters is 2. The fourth-order valence-electron chi connectivity index (χ4n) is 10.3. The van der Waals surface area contributed by atoms with Crippen molar-refractivity contribution in [2.75, 3.05) is 13.2 Å². The zero-order chi connectivity index (χ0) is 59.1. The molecule has 0 aliphatic carbocycles. The Morgan fingerprint density at radius 1 is 0.280 bits per heavy atom. The van der Waals surface area contributed by atoms with Gasteiger partial charge in [-0.05, 0) is 96.3 Å². The summed E-state index contributed by atoms with van der Waals surface area (Å²) in [5, 5.41) is 9.71. The number of unbranched alkanes of at least 4 members (excludes halogenated alkanes) is 39. The van der Waals surface area contributed by atoms with Crippen molar-refractivity contribution in [3.8, 4) is 0 Å². The van der Waals surface area contributed by atoms with E-state index < -0.39 is 6.10 Å². The highest BCUT2D eigenvalue weighted by Crippen LogP contribution is 2.18. The van der Waals surface area contributed by atoms with E-state index in [1.54, 1.807) is 0 Å². The molecule has 0 spiro atoms. The van der Waals surface area contributed by atoms with E-state index in [0.717, 1.165) is 96.3 Å². The zero-order valence-electron chi connectivity index (χ0n) is 54.2. The monoisotopic (exact) mass is 1140 g/mol. The first-order chi connectivity index (χ1) is 40.6. The lowest BCUT2D eigenvalue weighted by atomic mass is 10.0. The van der Waals surface area contributed by atoms with Gasteiger partial charge in [0.25, 0.3) is 0 Å². The Balaban J connectivity index is 3.42. The molecule has 0 bridgehead atoms. The highest BCUT2D eigenvalue weighted by molar-refractivity contribution is 5.70. The van der Waals surface area contributed by atoms with Gasteiger partial charge in [0.05, 0.1) is 6.61 Å². The molecular formula is C77H134O5. The van der Waals surface area contributed by atoms with E-state index in [1.807, 2.05) is 0 Å². The molecule has 0 aliphatic heterocycles. The van der Waals surface area contributed by atoms with Gasteiger partial charge in [0, 0.05) is 12.8 Å². The predicted molar refractivity (Wildman–Crippen MR) is 362 cm³/mol. The van der Waals surface area contributed by atoms with Crippen molar-refractivity contribution in [2.24, 2.45) is 0 Å². The first kappa shape index (κ1) is 78.6. The number of aliphatic hydroxyl groups excluding tert-OH is 1. The van der Waals surface area contributed by atoms with E-state index in [1.165, 1.54) is 225 Å². The molecular weight excluding hydrogens is 1000 g/mol. The molecule has 1 atom stereocenters. The van der Waals surface area contributed by atoms with Crippen LogP contribution in [0.15, 0.2) is 109 Å². The molecule has 0 aliphatic rings. The second-order valence-corrected chi connectivity index (χ2v) is 23.6. The van der Waals surface area contributed by atoms with E-state index in [-0.39, 0.29) is 25.2 Å². The van der Waals surface area contributed by atoms with Crippen LogP contribution in [0, 0.1) is 0 Å². The summed E-state index contributed by atoms with van der Waals surface area (Å²) in [5.41, 5.74) is 0. The van der Waals surface area contributed by atoms with Gasteiger partial charge in [-0.2, -0.15) is 0 Å². The second kappa shape index (κ2) is 71.8. The maximum absolute atomic E-state index is 12.4. The van der Waals surface area contributed by atoms with E-state index >= 15 is 0 Å². The molecule has 5 heteroatoms. The summed E-state index contributed by atoms with van der Waals surface area (Å²) in [4.78, 5) is 24.7. The lowest BCUT2D eigenvalue weighted by Gasteiger charge is -2.15. The molecule has 0 saturated carbocycles. The number of rotatable bonds is 65. The maximum Gasteiger partial charge on any atom is 0.306 e. The van der Waals surface area contributed by atoms with Gasteiger partial charge < -0.3 is 14.6 Å². The molecule has 0 aromatic carbocycles. The topological polar surface area (TPSA) is 72.8 Å². The summed E-state index contributed by atoms with van der Waals surface area (Å²) in [6, 6.07) is 0. The van der Waals surface area contributed by atoms with Crippen LogP contribution in [0.25, 0.3) is 0 Å². The highest BCUT2D eigenvalue weighted by atomic mass is 16.6. The Bertz CT molecular complexity index is 1570. The van der Waals surface area contributed by atoms with Gasteiger partial charge in [0.2, 0.25) is 0 Å². The summed E-state index contributed by atoms with van der Waals surface area (Å²) in [6.07, 6.45) is 104. The van der Waals surface area contributed by atoms with Crippen LogP contribution in [0.3, 0.4) is 0 Å². The lowest BCUT2D eigenvalue weighted by molar-refractivity contribution is -0.161. The number of allylic oxidation sites excluding steroid dienone is 18. The van der Waals surface area contributed by atoms with E-state index in [2.05, 4.69) is 123 Å². The molecule has 1 N–H and O–H groups in total. The van der Waals surface area contributed by atoms with Gasteiger partial charge in [0.1, 0.15) is 6.61 Å². The Kier molecular flexibility index (Phi) is 68.8. The molecule has 0 fully saturated rings. The minimum absolute atomic E-state index is 0.0644. The van der Waals surface area contributed by atoms with Gasteiger partial charge in [-0.15, -0.1) is 0 Å². The van der Waals surface area contributed by atoms with Crippen molar-refractivity contribution in [1.82, 2.24) is 0 Å². The average Bonchev–Trinajstić information content (AvgIpc) is 3.49. The quantitative estimate of drug-likeness (QED) is 0.0373. The Morgan fingerprint density at radius 2 is 0.488 bits per heavy atom. The third-order valence-electron chi connectivity index (χ3n) is 15.6. The summed E-state index contributed by atoms with van der Waals surface area (Å²) < 4.78 is 10.8. The molecule has 0 saturated heterocycles. The molecule has 0 radical (unpaired) electrons. The molecule has 472 valence electrons. The molecule has 5 nitrogen and oxygen atoms in total. The number of carbonyl (C=O) groups excluding carboxylic acids is 2. The third-order valence-corrected chi connectivity index (χ3v) is 15.6. The van der Waals surface area contributed by atoms with Crippen molar-refractivity contribution in [2.45, 2.75) is 354 Å². The highest BCUT2D eigenvalue weighted by Gasteiger charge is 2.16. The van der Waals surface area contributed by atoms with Crippen molar-refractivity contribution < 1.29 is 24.2 Å². The van der Waals surface area contributed by atoms with Gasteiger partial charge in [0.15, 0.2) is 6.10 Å². The Hall–Kier alpha value is -3.44.